The van der Waals surface area contributed by atoms with Gasteiger partial charge in [-0.3, -0.25) is 0 Å². The van der Waals surface area contributed by atoms with Crippen LogP contribution in [0.5, 0.6) is 5.88 Å². The first-order valence-electron chi connectivity index (χ1n) is 7.44. The summed E-state index contributed by atoms with van der Waals surface area (Å²) in [6.45, 7) is 1.91. The first-order chi connectivity index (χ1) is 11.9. The third-order valence-electron chi connectivity index (χ3n) is 3.46. The molecule has 3 rings (SSSR count). The van der Waals surface area contributed by atoms with Crippen molar-refractivity contribution in [3.63, 3.8) is 0 Å². The van der Waals surface area contributed by atoms with Gasteiger partial charge in [0.05, 0.1) is 21.4 Å². The van der Waals surface area contributed by atoms with Crippen LogP contribution in [0.2, 0.25) is 10.0 Å². The van der Waals surface area contributed by atoms with E-state index in [2.05, 4.69) is 5.10 Å². The largest absolute Gasteiger partial charge is 0.358 e. The topological polar surface area (TPSA) is 61.2 Å². The van der Waals surface area contributed by atoms with Crippen molar-refractivity contribution < 1.29 is 12.6 Å². The van der Waals surface area contributed by atoms with E-state index in [1.54, 1.807) is 42.5 Å². The van der Waals surface area contributed by atoms with Gasteiger partial charge in [-0.1, -0.05) is 48.3 Å². The minimum Gasteiger partial charge on any atom is -0.358 e. The predicted octanol–water partition coefficient (Wildman–Crippen LogP) is 4.51. The Hall–Kier alpha value is -2.02. The van der Waals surface area contributed by atoms with Gasteiger partial charge in [0.1, 0.15) is 4.90 Å². The predicted molar refractivity (Wildman–Crippen MR) is 97.2 cm³/mol. The van der Waals surface area contributed by atoms with Gasteiger partial charge in [-0.15, -0.1) is 0 Å². The smallest absolute Gasteiger partial charge is 0.340 e. The van der Waals surface area contributed by atoms with Gasteiger partial charge < -0.3 is 4.18 Å². The lowest BCUT2D eigenvalue weighted by atomic mass is 10.3. The molecule has 130 valence electrons. The molecule has 0 bridgehead atoms. The Morgan fingerprint density at radius 2 is 1.76 bits per heavy atom. The highest BCUT2D eigenvalue weighted by atomic mass is 35.5. The Morgan fingerprint density at radius 1 is 1.04 bits per heavy atom. The van der Waals surface area contributed by atoms with E-state index in [9.17, 15) is 8.42 Å². The van der Waals surface area contributed by atoms with Crippen molar-refractivity contribution in [2.75, 3.05) is 0 Å². The van der Waals surface area contributed by atoms with Crippen molar-refractivity contribution in [3.8, 4) is 11.6 Å². The maximum absolute atomic E-state index is 12.5. The SMILES string of the molecule is CCc1cc(OS(=O)(=O)c2ccccc2)n(-c2ccc(Cl)c(Cl)c2)n1. The van der Waals surface area contributed by atoms with E-state index >= 15 is 0 Å². The molecule has 1 aromatic heterocycles. The lowest BCUT2D eigenvalue weighted by Gasteiger charge is -2.10. The molecule has 25 heavy (non-hydrogen) atoms. The molecule has 0 saturated carbocycles. The highest BCUT2D eigenvalue weighted by Crippen LogP contribution is 2.28. The fraction of sp³-hybridized carbons (Fsp3) is 0.118. The zero-order chi connectivity index (χ0) is 18.0. The maximum atomic E-state index is 12.5. The van der Waals surface area contributed by atoms with Gasteiger partial charge in [0, 0.05) is 6.07 Å². The fourth-order valence-corrected chi connectivity index (χ4v) is 3.41. The molecule has 0 saturated heterocycles. The van der Waals surface area contributed by atoms with Gasteiger partial charge in [-0.25, -0.2) is 0 Å². The molecule has 5 nitrogen and oxygen atoms in total. The minimum atomic E-state index is -3.98. The average Bonchev–Trinajstić information content (AvgIpc) is 3.00. The molecule has 0 spiro atoms. The van der Waals surface area contributed by atoms with Gasteiger partial charge >= 0.3 is 10.1 Å². The average molecular weight is 397 g/mol. The Balaban J connectivity index is 2.05. The van der Waals surface area contributed by atoms with Crippen molar-refractivity contribution in [2.24, 2.45) is 0 Å². The van der Waals surface area contributed by atoms with Crippen LogP contribution in [0.25, 0.3) is 5.69 Å². The highest BCUT2D eigenvalue weighted by molar-refractivity contribution is 7.87. The second-order valence-corrected chi connectivity index (χ2v) is 7.55. The summed E-state index contributed by atoms with van der Waals surface area (Å²) in [7, 11) is -3.98. The standard InChI is InChI=1S/C17H14Cl2N2O3S/c1-2-12-10-17(24-25(22,23)14-6-4-3-5-7-14)21(20-12)13-8-9-15(18)16(19)11-13/h3-11H,2H2,1H3. The number of benzene rings is 2. The summed E-state index contributed by atoms with van der Waals surface area (Å²) in [5, 5.41) is 5.11. The fourth-order valence-electron chi connectivity index (χ4n) is 2.19. The van der Waals surface area contributed by atoms with E-state index in [1.165, 1.54) is 16.8 Å². The molecular formula is C17H14Cl2N2O3S. The first kappa shape index (κ1) is 17.8. The number of aromatic nitrogens is 2. The van der Waals surface area contributed by atoms with E-state index in [0.717, 1.165) is 0 Å². The van der Waals surface area contributed by atoms with E-state index < -0.39 is 10.1 Å². The van der Waals surface area contributed by atoms with Crippen LogP contribution < -0.4 is 4.18 Å². The molecule has 0 amide bonds. The minimum absolute atomic E-state index is 0.0648. The van der Waals surface area contributed by atoms with Gasteiger partial charge in [0.15, 0.2) is 0 Å². The van der Waals surface area contributed by atoms with Gasteiger partial charge in [-0.05, 0) is 36.8 Å². The summed E-state index contributed by atoms with van der Waals surface area (Å²) in [6, 6.07) is 14.4. The van der Waals surface area contributed by atoms with Crippen LogP contribution in [0, 0.1) is 0 Å². The molecule has 3 aromatic rings. The summed E-state index contributed by atoms with van der Waals surface area (Å²) < 4.78 is 31.7. The lowest BCUT2D eigenvalue weighted by molar-refractivity contribution is 0.465. The van der Waals surface area contributed by atoms with Crippen LogP contribution in [-0.2, 0) is 16.5 Å². The third-order valence-corrected chi connectivity index (χ3v) is 5.44. The third kappa shape index (κ3) is 3.81. The van der Waals surface area contributed by atoms with E-state index in [-0.39, 0.29) is 10.8 Å². The Bertz CT molecular complexity index is 1000. The molecule has 0 N–H and O–H groups in total. The number of aryl methyl sites for hydroxylation is 1. The van der Waals surface area contributed by atoms with Crippen molar-refractivity contribution in [1.82, 2.24) is 9.78 Å². The van der Waals surface area contributed by atoms with E-state index in [0.29, 0.717) is 27.8 Å². The van der Waals surface area contributed by atoms with Crippen LogP contribution in [-0.4, -0.2) is 18.2 Å². The zero-order valence-corrected chi connectivity index (χ0v) is 15.5. The Kier molecular flexibility index (Phi) is 5.03. The zero-order valence-electron chi connectivity index (χ0n) is 13.2. The van der Waals surface area contributed by atoms with Crippen LogP contribution >= 0.6 is 23.2 Å². The molecule has 0 unspecified atom stereocenters. The molecule has 0 aliphatic carbocycles. The summed E-state index contributed by atoms with van der Waals surface area (Å²) in [4.78, 5) is 0.0648. The quantitative estimate of drug-likeness (QED) is 0.595. The number of rotatable bonds is 5. The normalized spacial score (nSPS) is 11.5. The van der Waals surface area contributed by atoms with Gasteiger partial charge in [0.2, 0.25) is 5.88 Å². The molecule has 0 atom stereocenters. The molecular weight excluding hydrogens is 383 g/mol. The van der Waals surface area contributed by atoms with Crippen LogP contribution in [0.3, 0.4) is 0 Å². The number of nitrogens with zero attached hydrogens (tertiary/aromatic N) is 2. The van der Waals surface area contributed by atoms with Crippen molar-refractivity contribution in [2.45, 2.75) is 18.2 Å². The molecule has 0 radical (unpaired) electrons. The van der Waals surface area contributed by atoms with E-state index in [4.69, 9.17) is 27.4 Å². The number of hydrogen-bond donors (Lipinski definition) is 0. The van der Waals surface area contributed by atoms with Crippen LogP contribution in [0.1, 0.15) is 12.6 Å². The second-order valence-electron chi connectivity index (χ2n) is 5.19. The summed E-state index contributed by atoms with van der Waals surface area (Å²) in [5.74, 6) is 0.0825. The molecule has 2 aromatic carbocycles. The van der Waals surface area contributed by atoms with Crippen molar-refractivity contribution in [1.29, 1.82) is 0 Å². The van der Waals surface area contributed by atoms with Crippen LogP contribution in [0.15, 0.2) is 59.5 Å². The first-order valence-corrected chi connectivity index (χ1v) is 9.61. The van der Waals surface area contributed by atoms with Crippen molar-refractivity contribution >= 4 is 33.3 Å². The Labute approximate surface area is 155 Å². The molecule has 0 aliphatic heterocycles. The van der Waals surface area contributed by atoms with Crippen LogP contribution in [0.4, 0.5) is 0 Å². The van der Waals surface area contributed by atoms with Gasteiger partial charge in [0.25, 0.3) is 0 Å². The highest BCUT2D eigenvalue weighted by Gasteiger charge is 2.21. The maximum Gasteiger partial charge on any atom is 0.340 e. The Morgan fingerprint density at radius 3 is 2.40 bits per heavy atom. The number of halogens is 2. The summed E-state index contributed by atoms with van der Waals surface area (Å²) in [6.07, 6.45) is 0.621. The second kappa shape index (κ2) is 7.07. The molecule has 0 aliphatic rings. The van der Waals surface area contributed by atoms with E-state index in [1.807, 2.05) is 6.92 Å². The van der Waals surface area contributed by atoms with Crippen molar-refractivity contribution in [3.05, 3.63) is 70.3 Å². The molecule has 8 heteroatoms. The number of hydrogen-bond acceptors (Lipinski definition) is 4. The summed E-state index contributed by atoms with van der Waals surface area (Å²) in [5.41, 5.74) is 1.23. The van der Waals surface area contributed by atoms with Gasteiger partial charge in [-0.2, -0.15) is 18.2 Å². The lowest BCUT2D eigenvalue weighted by Crippen LogP contribution is -2.12. The molecule has 1 heterocycles. The molecule has 0 fully saturated rings. The summed E-state index contributed by atoms with van der Waals surface area (Å²) >= 11 is 12.0. The monoisotopic (exact) mass is 396 g/mol.